The van der Waals surface area contributed by atoms with E-state index in [4.69, 9.17) is 4.74 Å². The van der Waals surface area contributed by atoms with Crippen LogP contribution >= 0.6 is 15.9 Å². The topological polar surface area (TPSA) is 92.7 Å². The van der Waals surface area contributed by atoms with Gasteiger partial charge in [0.05, 0.1) is 11.9 Å². The van der Waals surface area contributed by atoms with Gasteiger partial charge in [0.25, 0.3) is 0 Å². The molecule has 1 saturated heterocycles. The Balaban J connectivity index is 2.13. The van der Waals surface area contributed by atoms with Crippen molar-refractivity contribution in [3.8, 4) is 0 Å². The minimum absolute atomic E-state index is 0.221. The molecule has 0 spiro atoms. The highest BCUT2D eigenvalue weighted by Gasteiger charge is 2.29. The lowest BCUT2D eigenvalue weighted by molar-refractivity contribution is -0.139. The van der Waals surface area contributed by atoms with Gasteiger partial charge in [0, 0.05) is 11.1 Å². The molecule has 0 amide bonds. The molecule has 1 fully saturated rings. The van der Waals surface area contributed by atoms with Crippen LogP contribution in [0.4, 0.5) is 0 Å². The van der Waals surface area contributed by atoms with E-state index in [0.717, 1.165) is 12.8 Å². The summed E-state index contributed by atoms with van der Waals surface area (Å²) in [6, 6.07) is 5.31. The second-order valence-corrected chi connectivity index (χ2v) is 7.83. The Morgan fingerprint density at radius 1 is 1.41 bits per heavy atom. The summed E-state index contributed by atoms with van der Waals surface area (Å²) >= 11 is 3.25. The summed E-state index contributed by atoms with van der Waals surface area (Å²) in [6.45, 7) is 0.548. The maximum absolute atomic E-state index is 12.2. The molecule has 1 aliphatic heterocycles. The van der Waals surface area contributed by atoms with Gasteiger partial charge in [-0.05, 0) is 30.9 Å². The van der Waals surface area contributed by atoms with Gasteiger partial charge >= 0.3 is 5.97 Å². The second-order valence-electron chi connectivity index (χ2n) is 5.18. The number of ether oxygens (including phenoxy) is 1. The summed E-state index contributed by atoms with van der Waals surface area (Å²) in [4.78, 5) is 11.4. The van der Waals surface area contributed by atoms with Crippen LogP contribution in [0.1, 0.15) is 30.9 Å². The standard InChI is InChI=1S/C14H18BrNO5S/c15-12-7-2-1-6-11(12)13(14(17)18)16-22(19,20)9-10-5-3-4-8-21-10/h1-2,6-7,10,13,16H,3-5,8-9H2,(H,17,18). The molecule has 2 atom stereocenters. The van der Waals surface area contributed by atoms with Gasteiger partial charge in [0.15, 0.2) is 0 Å². The van der Waals surface area contributed by atoms with Gasteiger partial charge in [-0.2, -0.15) is 4.72 Å². The summed E-state index contributed by atoms with van der Waals surface area (Å²) < 4.78 is 32.7. The predicted molar refractivity (Wildman–Crippen MR) is 85.0 cm³/mol. The average Bonchev–Trinajstić information content (AvgIpc) is 2.46. The Bertz CT molecular complexity index is 628. The average molecular weight is 392 g/mol. The number of nitrogens with one attached hydrogen (secondary N) is 1. The van der Waals surface area contributed by atoms with Crippen LogP contribution in [0.15, 0.2) is 28.7 Å². The van der Waals surface area contributed by atoms with Crippen molar-refractivity contribution in [2.24, 2.45) is 0 Å². The van der Waals surface area contributed by atoms with Gasteiger partial charge in [-0.25, -0.2) is 8.42 Å². The molecule has 1 aliphatic rings. The minimum atomic E-state index is -3.77. The number of carboxylic acids is 1. The summed E-state index contributed by atoms with van der Waals surface area (Å²) in [6.07, 6.45) is 2.15. The number of carbonyl (C=O) groups is 1. The van der Waals surface area contributed by atoms with Crippen molar-refractivity contribution in [2.45, 2.75) is 31.4 Å². The zero-order valence-electron chi connectivity index (χ0n) is 11.9. The molecular weight excluding hydrogens is 374 g/mol. The fourth-order valence-corrected chi connectivity index (χ4v) is 4.32. The molecule has 22 heavy (non-hydrogen) atoms. The lowest BCUT2D eigenvalue weighted by Crippen LogP contribution is -2.39. The van der Waals surface area contributed by atoms with Crippen molar-refractivity contribution in [1.82, 2.24) is 4.72 Å². The molecule has 2 N–H and O–H groups in total. The molecule has 0 radical (unpaired) electrons. The molecule has 122 valence electrons. The van der Waals surface area contributed by atoms with Crippen LogP contribution in [-0.4, -0.2) is 38.0 Å². The first-order valence-electron chi connectivity index (χ1n) is 6.98. The van der Waals surface area contributed by atoms with Crippen molar-refractivity contribution in [2.75, 3.05) is 12.4 Å². The Morgan fingerprint density at radius 3 is 2.73 bits per heavy atom. The molecule has 6 nitrogen and oxygen atoms in total. The van der Waals surface area contributed by atoms with Gasteiger partial charge in [0.2, 0.25) is 10.0 Å². The number of rotatable bonds is 6. The zero-order valence-corrected chi connectivity index (χ0v) is 14.3. The van der Waals surface area contributed by atoms with Crippen LogP contribution < -0.4 is 4.72 Å². The molecule has 8 heteroatoms. The summed E-state index contributed by atoms with van der Waals surface area (Å²) in [5.74, 6) is -1.47. The van der Waals surface area contributed by atoms with Gasteiger partial charge in [-0.1, -0.05) is 34.1 Å². The Morgan fingerprint density at radius 2 is 2.14 bits per heavy atom. The number of sulfonamides is 1. The van der Waals surface area contributed by atoms with E-state index in [2.05, 4.69) is 20.7 Å². The van der Waals surface area contributed by atoms with E-state index in [1.807, 2.05) is 0 Å². The highest BCUT2D eigenvalue weighted by atomic mass is 79.9. The van der Waals surface area contributed by atoms with Crippen LogP contribution in [0.3, 0.4) is 0 Å². The number of carboxylic acid groups (broad SMARTS) is 1. The monoisotopic (exact) mass is 391 g/mol. The largest absolute Gasteiger partial charge is 0.480 e. The molecule has 1 heterocycles. The van der Waals surface area contributed by atoms with Crippen LogP contribution in [0.2, 0.25) is 0 Å². The fourth-order valence-electron chi connectivity index (χ4n) is 2.37. The zero-order chi connectivity index (χ0) is 16.2. The van der Waals surface area contributed by atoms with E-state index in [0.29, 0.717) is 23.1 Å². The van der Waals surface area contributed by atoms with Crippen molar-refractivity contribution >= 4 is 31.9 Å². The first-order chi connectivity index (χ1) is 10.4. The molecule has 1 aromatic rings. The van der Waals surface area contributed by atoms with E-state index in [9.17, 15) is 18.3 Å². The number of aliphatic carboxylic acids is 1. The predicted octanol–water partition coefficient (Wildman–Crippen LogP) is 2.06. The van der Waals surface area contributed by atoms with Crippen molar-refractivity contribution in [1.29, 1.82) is 0 Å². The van der Waals surface area contributed by atoms with Crippen LogP contribution in [0.25, 0.3) is 0 Å². The third-order valence-electron chi connectivity index (χ3n) is 3.44. The van der Waals surface area contributed by atoms with Crippen LogP contribution in [-0.2, 0) is 19.6 Å². The maximum atomic E-state index is 12.2. The molecule has 0 aromatic heterocycles. The van der Waals surface area contributed by atoms with Crippen molar-refractivity contribution < 1.29 is 23.1 Å². The quantitative estimate of drug-likeness (QED) is 0.773. The van der Waals surface area contributed by atoms with E-state index in [-0.39, 0.29) is 11.9 Å². The summed E-state index contributed by atoms with van der Waals surface area (Å²) in [7, 11) is -3.77. The smallest absolute Gasteiger partial charge is 0.326 e. The van der Waals surface area contributed by atoms with E-state index in [1.165, 1.54) is 0 Å². The number of halogens is 1. The SMILES string of the molecule is O=C(O)C(NS(=O)(=O)CC1CCCCO1)c1ccccc1Br. The third kappa shape index (κ3) is 4.77. The van der Waals surface area contributed by atoms with Gasteiger partial charge in [-0.15, -0.1) is 0 Å². The molecule has 0 saturated carbocycles. The number of hydrogen-bond acceptors (Lipinski definition) is 4. The summed E-state index contributed by atoms with van der Waals surface area (Å²) in [5, 5.41) is 9.34. The van der Waals surface area contributed by atoms with Gasteiger partial charge < -0.3 is 9.84 Å². The normalized spacial score (nSPS) is 20.5. The molecule has 0 aliphatic carbocycles. The van der Waals surface area contributed by atoms with Gasteiger partial charge in [-0.3, -0.25) is 4.79 Å². The van der Waals surface area contributed by atoms with Crippen LogP contribution in [0, 0.1) is 0 Å². The lowest BCUT2D eigenvalue weighted by atomic mass is 10.1. The second kappa shape index (κ2) is 7.54. The van der Waals surface area contributed by atoms with E-state index >= 15 is 0 Å². The first-order valence-corrected chi connectivity index (χ1v) is 9.42. The Labute approximate surface area is 138 Å². The highest BCUT2D eigenvalue weighted by molar-refractivity contribution is 9.10. The van der Waals surface area contributed by atoms with Gasteiger partial charge in [0.1, 0.15) is 6.04 Å². The van der Waals surface area contributed by atoms with E-state index < -0.39 is 22.0 Å². The lowest BCUT2D eigenvalue weighted by Gasteiger charge is -2.23. The molecule has 2 rings (SSSR count). The highest BCUT2D eigenvalue weighted by Crippen LogP contribution is 2.24. The van der Waals surface area contributed by atoms with Crippen LogP contribution in [0.5, 0.6) is 0 Å². The minimum Gasteiger partial charge on any atom is -0.480 e. The van der Waals surface area contributed by atoms with Crippen molar-refractivity contribution in [3.63, 3.8) is 0 Å². The first kappa shape index (κ1) is 17.4. The Kier molecular flexibility index (Phi) is 5.96. The Hall–Kier alpha value is -0.960. The number of hydrogen-bond donors (Lipinski definition) is 2. The number of benzene rings is 1. The molecular formula is C14H18BrNO5S. The molecule has 0 bridgehead atoms. The molecule has 1 aromatic carbocycles. The van der Waals surface area contributed by atoms with E-state index in [1.54, 1.807) is 24.3 Å². The summed E-state index contributed by atoms with van der Waals surface area (Å²) in [5.41, 5.74) is 0.364. The third-order valence-corrected chi connectivity index (χ3v) is 5.57. The molecule has 2 unspecified atom stereocenters. The fraction of sp³-hybridized carbons (Fsp3) is 0.500. The van der Waals surface area contributed by atoms with Crippen molar-refractivity contribution in [3.05, 3.63) is 34.3 Å². The maximum Gasteiger partial charge on any atom is 0.326 e.